The van der Waals surface area contributed by atoms with Crippen molar-refractivity contribution in [2.75, 3.05) is 25.0 Å². The van der Waals surface area contributed by atoms with Crippen LogP contribution in [0.25, 0.3) is 5.65 Å². The van der Waals surface area contributed by atoms with Crippen LogP contribution in [0, 0.1) is 5.92 Å². The topological polar surface area (TPSA) is 75.7 Å². The Morgan fingerprint density at radius 1 is 1.48 bits per heavy atom. The Bertz CT molecular complexity index is 620. The fourth-order valence-corrected chi connectivity index (χ4v) is 2.47. The standard InChI is InChI=1S/C15H23N5O/c1-11(2)9-19(10-13(16)21)15-12(8-17-3)20-7-5-4-6-14(20)18-15/h4-7,11,17H,8-10H2,1-3H3,(H2,16,21). The lowest BCUT2D eigenvalue weighted by atomic mass is 10.2. The highest BCUT2D eigenvalue weighted by Crippen LogP contribution is 2.22. The Morgan fingerprint density at radius 3 is 2.86 bits per heavy atom. The van der Waals surface area contributed by atoms with Gasteiger partial charge in [0.2, 0.25) is 5.91 Å². The quantitative estimate of drug-likeness (QED) is 0.797. The zero-order chi connectivity index (χ0) is 15.4. The van der Waals surface area contributed by atoms with Crippen LogP contribution in [0.3, 0.4) is 0 Å². The predicted octanol–water partition coefficient (Wildman–Crippen LogP) is 1.00. The van der Waals surface area contributed by atoms with Crippen molar-refractivity contribution in [2.45, 2.75) is 20.4 Å². The van der Waals surface area contributed by atoms with Crippen LogP contribution in [0.15, 0.2) is 24.4 Å². The molecule has 0 aliphatic carbocycles. The SMILES string of the molecule is CNCc1c(N(CC(N)=O)CC(C)C)nc2ccccn12. The minimum Gasteiger partial charge on any atom is -0.368 e. The maximum Gasteiger partial charge on any atom is 0.236 e. The number of nitrogens with zero attached hydrogens (tertiary/aromatic N) is 3. The number of carbonyl (C=O) groups is 1. The zero-order valence-electron chi connectivity index (χ0n) is 12.8. The van der Waals surface area contributed by atoms with Crippen molar-refractivity contribution in [2.24, 2.45) is 11.7 Å². The molecule has 0 aliphatic rings. The molecule has 0 aliphatic heterocycles. The molecular formula is C15H23N5O. The molecule has 2 heterocycles. The van der Waals surface area contributed by atoms with E-state index in [0.717, 1.165) is 23.7 Å². The fraction of sp³-hybridized carbons (Fsp3) is 0.467. The molecular weight excluding hydrogens is 266 g/mol. The minimum atomic E-state index is -0.344. The molecule has 3 N–H and O–H groups in total. The molecule has 0 aromatic carbocycles. The van der Waals surface area contributed by atoms with Gasteiger partial charge in [-0.3, -0.25) is 4.79 Å². The average Bonchev–Trinajstić information content (AvgIpc) is 2.77. The first kappa shape index (κ1) is 15.3. The monoisotopic (exact) mass is 289 g/mol. The molecule has 0 atom stereocenters. The van der Waals surface area contributed by atoms with E-state index in [1.165, 1.54) is 0 Å². The summed E-state index contributed by atoms with van der Waals surface area (Å²) >= 11 is 0. The highest BCUT2D eigenvalue weighted by molar-refractivity contribution is 5.79. The summed E-state index contributed by atoms with van der Waals surface area (Å²) in [5, 5.41) is 3.16. The van der Waals surface area contributed by atoms with Crippen molar-refractivity contribution in [1.29, 1.82) is 0 Å². The number of primary amides is 1. The first-order valence-corrected chi connectivity index (χ1v) is 7.16. The molecule has 0 radical (unpaired) electrons. The summed E-state index contributed by atoms with van der Waals surface area (Å²) in [6, 6.07) is 5.88. The third kappa shape index (κ3) is 3.52. The van der Waals surface area contributed by atoms with Gasteiger partial charge in [-0.1, -0.05) is 19.9 Å². The summed E-state index contributed by atoms with van der Waals surface area (Å²) in [5.41, 5.74) is 7.30. The van der Waals surface area contributed by atoms with Crippen molar-refractivity contribution in [3.05, 3.63) is 30.1 Å². The molecule has 1 amide bonds. The summed E-state index contributed by atoms with van der Waals surface area (Å²) in [6.45, 7) is 5.82. The number of aromatic nitrogens is 2. The number of hydrogen-bond acceptors (Lipinski definition) is 4. The van der Waals surface area contributed by atoms with E-state index in [9.17, 15) is 4.79 Å². The highest BCUT2D eigenvalue weighted by atomic mass is 16.1. The smallest absolute Gasteiger partial charge is 0.236 e. The second kappa shape index (κ2) is 6.58. The summed E-state index contributed by atoms with van der Waals surface area (Å²) in [5.74, 6) is 0.891. The first-order valence-electron chi connectivity index (χ1n) is 7.16. The van der Waals surface area contributed by atoms with Crippen LogP contribution in [0.5, 0.6) is 0 Å². The van der Waals surface area contributed by atoms with Gasteiger partial charge in [-0.2, -0.15) is 0 Å². The van der Waals surface area contributed by atoms with Gasteiger partial charge in [0, 0.05) is 19.3 Å². The number of pyridine rings is 1. The molecule has 0 fully saturated rings. The zero-order valence-corrected chi connectivity index (χ0v) is 12.8. The fourth-order valence-electron chi connectivity index (χ4n) is 2.47. The summed E-state index contributed by atoms with van der Waals surface area (Å²) in [6.07, 6.45) is 1.98. The van der Waals surface area contributed by atoms with Gasteiger partial charge in [-0.05, 0) is 25.1 Å². The predicted molar refractivity (Wildman–Crippen MR) is 84.2 cm³/mol. The molecule has 0 spiro atoms. The van der Waals surface area contributed by atoms with Gasteiger partial charge < -0.3 is 20.4 Å². The molecule has 0 saturated heterocycles. The van der Waals surface area contributed by atoms with Gasteiger partial charge in [0.25, 0.3) is 0 Å². The molecule has 6 heteroatoms. The van der Waals surface area contributed by atoms with E-state index in [4.69, 9.17) is 5.73 Å². The molecule has 2 aromatic heterocycles. The molecule has 0 saturated carbocycles. The number of nitrogens with two attached hydrogens (primary N) is 1. The van der Waals surface area contributed by atoms with Crippen LogP contribution in [0.1, 0.15) is 19.5 Å². The molecule has 2 aromatic rings. The molecule has 2 rings (SSSR count). The first-order chi connectivity index (χ1) is 10.0. The van der Waals surface area contributed by atoms with E-state index in [-0.39, 0.29) is 12.5 Å². The van der Waals surface area contributed by atoms with E-state index < -0.39 is 0 Å². The van der Waals surface area contributed by atoms with Gasteiger partial charge in [0.15, 0.2) is 5.82 Å². The largest absolute Gasteiger partial charge is 0.368 e. The number of rotatable bonds is 7. The van der Waals surface area contributed by atoms with E-state index in [1.54, 1.807) is 0 Å². The summed E-state index contributed by atoms with van der Waals surface area (Å²) < 4.78 is 2.04. The number of anilines is 1. The van der Waals surface area contributed by atoms with Crippen molar-refractivity contribution in [1.82, 2.24) is 14.7 Å². The Kier molecular flexibility index (Phi) is 4.80. The highest BCUT2D eigenvalue weighted by Gasteiger charge is 2.20. The normalized spacial score (nSPS) is 11.2. The van der Waals surface area contributed by atoms with Gasteiger partial charge in [-0.25, -0.2) is 4.98 Å². The lowest BCUT2D eigenvalue weighted by Crippen LogP contribution is -2.37. The number of fused-ring (bicyclic) bond motifs is 1. The Hall–Kier alpha value is -2.08. The van der Waals surface area contributed by atoms with Gasteiger partial charge in [0.05, 0.1) is 12.2 Å². The second-order valence-electron chi connectivity index (χ2n) is 5.58. The lowest BCUT2D eigenvalue weighted by molar-refractivity contribution is -0.116. The van der Waals surface area contributed by atoms with E-state index >= 15 is 0 Å². The summed E-state index contributed by atoms with van der Waals surface area (Å²) in [4.78, 5) is 18.0. The molecule has 114 valence electrons. The van der Waals surface area contributed by atoms with Crippen LogP contribution in [0.4, 0.5) is 5.82 Å². The Labute approximate surface area is 124 Å². The number of hydrogen-bond donors (Lipinski definition) is 2. The maximum atomic E-state index is 11.4. The third-order valence-corrected chi connectivity index (χ3v) is 3.18. The van der Waals surface area contributed by atoms with Gasteiger partial charge >= 0.3 is 0 Å². The van der Waals surface area contributed by atoms with Crippen LogP contribution in [-0.4, -0.2) is 35.4 Å². The van der Waals surface area contributed by atoms with Gasteiger partial charge in [0.1, 0.15) is 5.65 Å². The maximum absolute atomic E-state index is 11.4. The van der Waals surface area contributed by atoms with Crippen LogP contribution >= 0.6 is 0 Å². The second-order valence-corrected chi connectivity index (χ2v) is 5.58. The van der Waals surface area contributed by atoms with E-state index in [0.29, 0.717) is 12.5 Å². The van der Waals surface area contributed by atoms with Crippen LogP contribution in [-0.2, 0) is 11.3 Å². The van der Waals surface area contributed by atoms with E-state index in [2.05, 4.69) is 24.1 Å². The minimum absolute atomic E-state index is 0.179. The van der Waals surface area contributed by atoms with Gasteiger partial charge in [-0.15, -0.1) is 0 Å². The Balaban J connectivity index is 2.49. The van der Waals surface area contributed by atoms with E-state index in [1.807, 2.05) is 40.7 Å². The summed E-state index contributed by atoms with van der Waals surface area (Å²) in [7, 11) is 1.90. The van der Waals surface area contributed by atoms with Crippen molar-refractivity contribution >= 4 is 17.4 Å². The molecule has 0 bridgehead atoms. The van der Waals surface area contributed by atoms with Crippen LogP contribution in [0.2, 0.25) is 0 Å². The molecule has 6 nitrogen and oxygen atoms in total. The molecule has 0 unspecified atom stereocenters. The van der Waals surface area contributed by atoms with Crippen LogP contribution < -0.4 is 16.0 Å². The number of imidazole rings is 1. The lowest BCUT2D eigenvalue weighted by Gasteiger charge is -2.24. The molecule has 21 heavy (non-hydrogen) atoms. The average molecular weight is 289 g/mol. The Morgan fingerprint density at radius 2 is 2.24 bits per heavy atom. The number of amides is 1. The van der Waals surface area contributed by atoms with Crippen molar-refractivity contribution < 1.29 is 4.79 Å². The van der Waals surface area contributed by atoms with Crippen molar-refractivity contribution in [3.8, 4) is 0 Å². The van der Waals surface area contributed by atoms with Crippen molar-refractivity contribution in [3.63, 3.8) is 0 Å². The third-order valence-electron chi connectivity index (χ3n) is 3.18. The number of nitrogens with one attached hydrogen (secondary N) is 1. The number of carbonyl (C=O) groups excluding carboxylic acids is 1.